The first-order valence-corrected chi connectivity index (χ1v) is 41.7. The molecule has 584 valence electrons. The molecule has 4 aromatic heterocycles. The van der Waals surface area contributed by atoms with Crippen LogP contribution in [0.3, 0.4) is 0 Å². The molecule has 12 nitrogen and oxygen atoms in total. The van der Waals surface area contributed by atoms with Crippen molar-refractivity contribution in [2.45, 2.75) is 12.5 Å². The number of benzene rings is 17. The Morgan fingerprint density at radius 1 is 0.203 bits per heavy atom. The van der Waals surface area contributed by atoms with Gasteiger partial charge in [0.25, 0.3) is 0 Å². The standard InChI is InChI=1S/C111H80N12/c1-10-28-85(29-11-1)115(86-30-12-2-13-31-86)94-58-46-79(47-59-94)82-52-64-97(65-53-82)118(91-40-22-7-23-41-91)100-70-73-106-103(76-100)112-109-121(106)110-113-105-78-102(120(93-44-26-9-27-45-93)99-68-56-84(57-69-99)81-50-62-96(63-51-81)117(89-36-18-5-19-37-89)90-38-20-6-21-39-90)72-75-108(105)123(110)111-114-104-77-101(71-74-107(104)122(109)111)119(92-42-24-8-25-43-92)98-66-54-83(55-67-98)80-48-60-95(61-49-80)116(87-32-14-3-15-33-87)88-34-16-4-17-35-88/h1-62,64-78,96H,63H2. The highest BCUT2D eigenvalue weighted by Gasteiger charge is 2.28. The van der Waals surface area contributed by atoms with E-state index in [1.165, 1.54) is 5.57 Å². The summed E-state index contributed by atoms with van der Waals surface area (Å²) in [5.41, 5.74) is 29.7. The summed E-state index contributed by atoms with van der Waals surface area (Å²) in [4.78, 5) is 31.1. The van der Waals surface area contributed by atoms with Crippen LogP contribution in [-0.4, -0.2) is 34.2 Å². The molecular formula is C111H80N12. The van der Waals surface area contributed by atoms with Crippen LogP contribution in [0.5, 0.6) is 0 Å². The molecular weight excluding hydrogens is 1500 g/mol. The minimum absolute atomic E-state index is 0.152. The summed E-state index contributed by atoms with van der Waals surface area (Å²) in [6.45, 7) is 0. The molecule has 1 unspecified atom stereocenters. The molecule has 123 heavy (non-hydrogen) atoms. The van der Waals surface area contributed by atoms with Gasteiger partial charge in [-0.1, -0.05) is 243 Å². The Labute approximate surface area is 713 Å². The van der Waals surface area contributed by atoms with Crippen molar-refractivity contribution in [1.29, 1.82) is 0 Å². The normalized spacial score (nSPS) is 12.6. The third kappa shape index (κ3) is 13.7. The van der Waals surface area contributed by atoms with Gasteiger partial charge in [0.15, 0.2) is 0 Å². The zero-order valence-electron chi connectivity index (χ0n) is 67.1. The first kappa shape index (κ1) is 72.9. The third-order valence-electron chi connectivity index (χ3n) is 23.4. The molecule has 22 rings (SSSR count). The van der Waals surface area contributed by atoms with Crippen molar-refractivity contribution in [3.05, 3.63) is 473 Å². The Hall–Kier alpha value is -16.6. The molecule has 12 heteroatoms. The number of nitrogens with zero attached hydrogens (tertiary/aromatic N) is 12. The fourth-order valence-corrected chi connectivity index (χ4v) is 17.6. The smallest absolute Gasteiger partial charge is 0.225 e. The van der Waals surface area contributed by atoms with Crippen LogP contribution in [0.2, 0.25) is 0 Å². The molecule has 0 radical (unpaired) electrons. The SMILES string of the molecule is C1=CC(N(c2ccccc2)c2ccccc2)CC=C1c1ccc(N(c2ccccc2)c2ccc3c(c2)nc2n3c3nc4cc(N(c5ccccc5)c5ccc(-c6ccc(N(c7ccccc7)c7ccccc7)cc6)cc5)ccc4n3c3nc4cc(N(c5ccccc5)c5ccc(-c6ccc(N(c7ccccc7)c7ccccc7)cc6)cc5)ccc4n23)cc1. The number of fused-ring (bicyclic) bond motifs is 12. The lowest BCUT2D eigenvalue weighted by Gasteiger charge is -2.33. The van der Waals surface area contributed by atoms with Crippen molar-refractivity contribution in [1.82, 2.24) is 28.2 Å². The van der Waals surface area contributed by atoms with Crippen LogP contribution < -0.4 is 29.4 Å². The van der Waals surface area contributed by atoms with Crippen molar-refractivity contribution in [3.63, 3.8) is 0 Å². The quantitative estimate of drug-likeness (QED) is 0.0700. The van der Waals surface area contributed by atoms with E-state index >= 15 is 0 Å². The van der Waals surface area contributed by atoms with Crippen molar-refractivity contribution in [2.75, 3.05) is 29.4 Å². The van der Waals surface area contributed by atoms with Crippen LogP contribution in [0.4, 0.5) is 96.7 Å². The zero-order chi connectivity index (χ0) is 81.5. The van der Waals surface area contributed by atoms with E-state index in [1.807, 2.05) is 0 Å². The topological polar surface area (TPSA) is 71.3 Å². The number of allylic oxidation sites excluding steroid dienone is 2. The van der Waals surface area contributed by atoms with E-state index in [2.05, 4.69) is 510 Å². The van der Waals surface area contributed by atoms with Crippen molar-refractivity contribution >= 4 is 153 Å². The number of hydrogen-bond donors (Lipinski definition) is 0. The summed E-state index contributed by atoms with van der Waals surface area (Å²) in [6, 6.07) is 160. The van der Waals surface area contributed by atoms with Crippen molar-refractivity contribution in [2.24, 2.45) is 0 Å². The fraction of sp³-hybridized carbons (Fsp3) is 0.0180. The van der Waals surface area contributed by atoms with Gasteiger partial charge in [-0.25, -0.2) is 28.2 Å². The maximum Gasteiger partial charge on any atom is 0.225 e. The lowest BCUT2D eigenvalue weighted by atomic mass is 9.95. The Kier molecular flexibility index (Phi) is 18.8. The molecule has 1 aliphatic carbocycles. The second-order valence-electron chi connectivity index (χ2n) is 30.9. The van der Waals surface area contributed by atoms with Crippen LogP contribution in [-0.2, 0) is 0 Å². The van der Waals surface area contributed by atoms with Gasteiger partial charge in [-0.2, -0.15) is 0 Å². The summed E-state index contributed by atoms with van der Waals surface area (Å²) >= 11 is 0. The average Bonchev–Trinajstić information content (AvgIpc) is 1.53. The van der Waals surface area contributed by atoms with Crippen LogP contribution >= 0.6 is 0 Å². The van der Waals surface area contributed by atoms with E-state index in [1.54, 1.807) is 0 Å². The lowest BCUT2D eigenvalue weighted by Crippen LogP contribution is -2.30. The van der Waals surface area contributed by atoms with Gasteiger partial charge in [0.1, 0.15) is 0 Å². The number of para-hydroxylation sites is 9. The van der Waals surface area contributed by atoms with Gasteiger partial charge < -0.3 is 29.4 Å². The zero-order valence-corrected chi connectivity index (χ0v) is 67.1. The molecule has 0 amide bonds. The monoisotopic (exact) mass is 1580 g/mol. The predicted octanol–water partition coefficient (Wildman–Crippen LogP) is 29.3. The summed E-state index contributed by atoms with van der Waals surface area (Å²) in [5.74, 6) is 2.04. The second kappa shape index (κ2) is 31.7. The maximum atomic E-state index is 5.73. The first-order chi connectivity index (χ1) is 61.0. The lowest BCUT2D eigenvalue weighted by molar-refractivity contribution is 0.787. The van der Waals surface area contributed by atoms with Crippen molar-refractivity contribution in [3.8, 4) is 22.3 Å². The van der Waals surface area contributed by atoms with Gasteiger partial charge in [-0.15, -0.1) is 0 Å². The summed E-state index contributed by atoms with van der Waals surface area (Å²) < 4.78 is 6.64. The Balaban J connectivity index is 0.648. The Morgan fingerprint density at radius 3 is 0.634 bits per heavy atom. The molecule has 0 saturated heterocycles. The highest BCUT2D eigenvalue weighted by atomic mass is 15.3. The maximum absolute atomic E-state index is 5.73. The minimum atomic E-state index is 0.152. The molecule has 0 fully saturated rings. The summed E-state index contributed by atoms with van der Waals surface area (Å²) in [7, 11) is 0. The van der Waals surface area contributed by atoms with E-state index in [4.69, 9.17) is 15.0 Å². The number of hydrogen-bond acceptors (Lipinski definition) is 9. The van der Waals surface area contributed by atoms with Crippen LogP contribution in [0.15, 0.2) is 467 Å². The number of imidazole rings is 3. The van der Waals surface area contributed by atoms with Gasteiger partial charge in [0.05, 0.1) is 39.1 Å². The highest BCUT2D eigenvalue weighted by molar-refractivity contribution is 5.97. The van der Waals surface area contributed by atoms with E-state index in [-0.39, 0.29) is 6.04 Å². The van der Waals surface area contributed by atoms with Crippen LogP contribution in [0.1, 0.15) is 12.0 Å². The Morgan fingerprint density at radius 2 is 0.407 bits per heavy atom. The molecule has 0 spiro atoms. The molecule has 0 aliphatic heterocycles. The summed E-state index contributed by atoms with van der Waals surface area (Å²) in [6.07, 6.45) is 7.86. The van der Waals surface area contributed by atoms with Gasteiger partial charge in [0, 0.05) is 96.7 Å². The molecule has 0 N–H and O–H groups in total. The largest absolute Gasteiger partial charge is 0.334 e. The average molecular weight is 1580 g/mol. The van der Waals surface area contributed by atoms with E-state index in [0.717, 1.165) is 164 Å². The molecule has 0 bridgehead atoms. The van der Waals surface area contributed by atoms with E-state index in [0.29, 0.717) is 17.3 Å². The molecule has 1 atom stereocenters. The van der Waals surface area contributed by atoms with E-state index in [9.17, 15) is 0 Å². The predicted molar refractivity (Wildman–Crippen MR) is 510 cm³/mol. The molecule has 0 saturated carbocycles. The summed E-state index contributed by atoms with van der Waals surface area (Å²) in [5, 5.41) is 0. The molecule has 17 aromatic carbocycles. The fourth-order valence-electron chi connectivity index (χ4n) is 17.6. The minimum Gasteiger partial charge on any atom is -0.334 e. The van der Waals surface area contributed by atoms with Gasteiger partial charge in [-0.3, -0.25) is 0 Å². The second-order valence-corrected chi connectivity index (χ2v) is 30.9. The molecule has 21 aromatic rings. The van der Waals surface area contributed by atoms with Gasteiger partial charge in [0.2, 0.25) is 17.3 Å². The van der Waals surface area contributed by atoms with Gasteiger partial charge in [-0.05, 0) is 264 Å². The van der Waals surface area contributed by atoms with Gasteiger partial charge >= 0.3 is 0 Å². The number of anilines is 17. The first-order valence-electron chi connectivity index (χ1n) is 41.7. The van der Waals surface area contributed by atoms with Crippen molar-refractivity contribution < 1.29 is 0 Å². The van der Waals surface area contributed by atoms with Crippen LogP contribution in [0, 0.1) is 0 Å². The third-order valence-corrected chi connectivity index (χ3v) is 23.4. The highest BCUT2D eigenvalue weighted by Crippen LogP contribution is 2.46. The van der Waals surface area contributed by atoms with Crippen LogP contribution in [0.25, 0.3) is 78.3 Å². The Bertz CT molecular complexity index is 7070. The number of aromatic nitrogens is 6. The molecule has 4 heterocycles. The molecule has 1 aliphatic rings. The number of rotatable bonds is 21. The van der Waals surface area contributed by atoms with E-state index < -0.39 is 0 Å².